The third-order valence-electron chi connectivity index (χ3n) is 3.24. The highest BCUT2D eigenvalue weighted by atomic mass is 16.5. The van der Waals surface area contributed by atoms with E-state index in [-0.39, 0.29) is 18.6 Å². The van der Waals surface area contributed by atoms with Gasteiger partial charge in [0, 0.05) is 13.1 Å². The van der Waals surface area contributed by atoms with Crippen LogP contribution in [0.2, 0.25) is 0 Å². The molecule has 1 aliphatic rings. The summed E-state index contributed by atoms with van der Waals surface area (Å²) in [7, 11) is 0. The lowest BCUT2D eigenvalue weighted by Crippen LogP contribution is -2.50. The van der Waals surface area contributed by atoms with Gasteiger partial charge in [0.05, 0.1) is 19.3 Å². The fraction of sp³-hybridized carbons (Fsp3) is 0.462. The zero-order valence-corrected chi connectivity index (χ0v) is 10.7. The number of rotatable bonds is 4. The maximum absolute atomic E-state index is 12.0. The summed E-state index contributed by atoms with van der Waals surface area (Å²) < 4.78 is 5.40. The quantitative estimate of drug-likeness (QED) is 0.385. The van der Waals surface area contributed by atoms with E-state index in [4.69, 9.17) is 10.6 Å². The van der Waals surface area contributed by atoms with E-state index < -0.39 is 6.04 Å². The van der Waals surface area contributed by atoms with Gasteiger partial charge in [0.2, 0.25) is 0 Å². The number of aliphatic hydroxyl groups is 1. The van der Waals surface area contributed by atoms with E-state index >= 15 is 0 Å². The van der Waals surface area contributed by atoms with Gasteiger partial charge in [-0.1, -0.05) is 30.3 Å². The van der Waals surface area contributed by atoms with Crippen molar-refractivity contribution in [3.05, 3.63) is 35.9 Å². The first kappa shape index (κ1) is 14.0. The summed E-state index contributed by atoms with van der Waals surface area (Å²) in [5.41, 5.74) is 3.09. The summed E-state index contributed by atoms with van der Waals surface area (Å²) in [6.45, 7) is 1.57. The van der Waals surface area contributed by atoms with Gasteiger partial charge in [-0.15, -0.1) is 0 Å². The second-order valence-electron chi connectivity index (χ2n) is 4.49. The van der Waals surface area contributed by atoms with Crippen LogP contribution in [0, 0.1) is 0 Å². The van der Waals surface area contributed by atoms with Crippen molar-refractivity contribution in [1.29, 1.82) is 0 Å². The van der Waals surface area contributed by atoms with Gasteiger partial charge in [-0.25, -0.2) is 5.84 Å². The molecule has 1 aromatic rings. The van der Waals surface area contributed by atoms with Crippen LogP contribution in [0.1, 0.15) is 11.6 Å². The predicted molar refractivity (Wildman–Crippen MR) is 69.9 cm³/mol. The van der Waals surface area contributed by atoms with Crippen LogP contribution in [0.5, 0.6) is 0 Å². The van der Waals surface area contributed by atoms with Gasteiger partial charge in [0.1, 0.15) is 6.04 Å². The molecule has 6 heteroatoms. The maximum Gasteiger partial charge on any atom is 0.255 e. The molecular weight excluding hydrogens is 246 g/mol. The molecule has 1 amide bonds. The number of carbonyl (C=O) groups excluding carboxylic acids is 1. The first-order valence-corrected chi connectivity index (χ1v) is 6.28. The lowest BCUT2D eigenvalue weighted by molar-refractivity contribution is -0.131. The molecule has 0 aliphatic carbocycles. The van der Waals surface area contributed by atoms with E-state index in [1.165, 1.54) is 0 Å². The van der Waals surface area contributed by atoms with Gasteiger partial charge in [0.25, 0.3) is 5.91 Å². The largest absolute Gasteiger partial charge is 0.394 e. The Bertz CT molecular complexity index is 413. The van der Waals surface area contributed by atoms with Crippen LogP contribution in [0.15, 0.2) is 30.3 Å². The van der Waals surface area contributed by atoms with E-state index in [9.17, 15) is 9.90 Å². The fourth-order valence-corrected chi connectivity index (χ4v) is 2.33. The first-order valence-electron chi connectivity index (χ1n) is 6.28. The molecule has 104 valence electrons. The normalized spacial score (nSPS) is 21.9. The molecule has 2 rings (SSSR count). The second kappa shape index (κ2) is 6.63. The molecule has 0 spiro atoms. The standard InChI is InChI=1S/C13H19N3O3/c14-15-13(18)12(10-4-2-1-3-5-10)16-6-7-19-11(8-16)9-17/h1-5,11-12,17H,6-9,14H2,(H,15,18). The molecule has 0 aromatic heterocycles. The summed E-state index contributed by atoms with van der Waals surface area (Å²) in [6.07, 6.45) is -0.259. The zero-order valence-electron chi connectivity index (χ0n) is 10.7. The van der Waals surface area contributed by atoms with Crippen molar-refractivity contribution in [2.45, 2.75) is 12.1 Å². The van der Waals surface area contributed by atoms with Crippen molar-refractivity contribution in [3.8, 4) is 0 Å². The lowest BCUT2D eigenvalue weighted by Gasteiger charge is -2.36. The molecule has 4 N–H and O–H groups in total. The monoisotopic (exact) mass is 265 g/mol. The summed E-state index contributed by atoms with van der Waals surface area (Å²) in [4.78, 5) is 14.0. The molecule has 6 nitrogen and oxygen atoms in total. The van der Waals surface area contributed by atoms with Gasteiger partial charge in [-0.2, -0.15) is 0 Å². The number of benzene rings is 1. The molecule has 0 bridgehead atoms. The molecule has 2 atom stereocenters. The molecule has 19 heavy (non-hydrogen) atoms. The molecule has 1 aromatic carbocycles. The number of nitrogens with two attached hydrogens (primary N) is 1. The van der Waals surface area contributed by atoms with Crippen LogP contribution in [0.25, 0.3) is 0 Å². The minimum atomic E-state index is -0.454. The molecule has 2 unspecified atom stereocenters. The number of ether oxygens (including phenoxy) is 1. The summed E-state index contributed by atoms with van der Waals surface area (Å²) in [5, 5.41) is 9.18. The Balaban J connectivity index is 2.20. The topological polar surface area (TPSA) is 87.8 Å². The van der Waals surface area contributed by atoms with Crippen molar-refractivity contribution in [2.24, 2.45) is 5.84 Å². The highest BCUT2D eigenvalue weighted by Crippen LogP contribution is 2.23. The van der Waals surface area contributed by atoms with E-state index in [1.54, 1.807) is 0 Å². The van der Waals surface area contributed by atoms with Crippen molar-refractivity contribution < 1.29 is 14.6 Å². The number of nitrogens with zero attached hydrogens (tertiary/aromatic N) is 1. The SMILES string of the molecule is NNC(=O)C(c1ccccc1)N1CCOC(CO)C1. The van der Waals surface area contributed by atoms with Gasteiger partial charge in [-0.05, 0) is 5.56 Å². The smallest absolute Gasteiger partial charge is 0.255 e. The number of nitrogens with one attached hydrogen (secondary N) is 1. The molecule has 1 saturated heterocycles. The number of amides is 1. The highest BCUT2D eigenvalue weighted by Gasteiger charge is 2.31. The molecular formula is C13H19N3O3. The Morgan fingerprint density at radius 2 is 2.26 bits per heavy atom. The third kappa shape index (κ3) is 3.30. The number of hydrogen-bond acceptors (Lipinski definition) is 5. The number of aliphatic hydroxyl groups excluding tert-OH is 1. The van der Waals surface area contributed by atoms with E-state index in [0.717, 1.165) is 5.56 Å². The molecule has 0 saturated carbocycles. The molecule has 1 fully saturated rings. The number of hydrogen-bond donors (Lipinski definition) is 3. The van der Waals surface area contributed by atoms with Crippen molar-refractivity contribution in [1.82, 2.24) is 10.3 Å². The third-order valence-corrected chi connectivity index (χ3v) is 3.24. The molecule has 1 aliphatic heterocycles. The van der Waals surface area contributed by atoms with E-state index in [2.05, 4.69) is 5.43 Å². The number of hydrazine groups is 1. The highest BCUT2D eigenvalue weighted by molar-refractivity contribution is 5.82. The Labute approximate surface area is 112 Å². The van der Waals surface area contributed by atoms with E-state index in [1.807, 2.05) is 35.2 Å². The van der Waals surface area contributed by atoms with E-state index in [0.29, 0.717) is 19.7 Å². The van der Waals surface area contributed by atoms with Crippen LogP contribution in [0.4, 0.5) is 0 Å². The van der Waals surface area contributed by atoms with Crippen LogP contribution >= 0.6 is 0 Å². The molecule has 1 heterocycles. The van der Waals surface area contributed by atoms with Crippen molar-refractivity contribution in [3.63, 3.8) is 0 Å². The minimum Gasteiger partial charge on any atom is -0.394 e. The average Bonchev–Trinajstić information content (AvgIpc) is 2.48. The summed E-state index contributed by atoms with van der Waals surface area (Å²) >= 11 is 0. The van der Waals surface area contributed by atoms with Gasteiger partial charge in [-0.3, -0.25) is 15.1 Å². The molecule has 0 radical (unpaired) electrons. The van der Waals surface area contributed by atoms with Crippen LogP contribution in [-0.4, -0.2) is 48.3 Å². The first-order chi connectivity index (χ1) is 9.26. The summed E-state index contributed by atoms with van der Waals surface area (Å²) in [5.74, 6) is 5.02. The number of morpholine rings is 1. The Kier molecular flexibility index (Phi) is 4.86. The van der Waals surface area contributed by atoms with Gasteiger partial charge in [0.15, 0.2) is 0 Å². The van der Waals surface area contributed by atoms with Gasteiger partial charge < -0.3 is 9.84 Å². The summed E-state index contributed by atoms with van der Waals surface area (Å²) in [6, 6.07) is 9.00. The second-order valence-corrected chi connectivity index (χ2v) is 4.49. The minimum absolute atomic E-state index is 0.0533. The Morgan fingerprint density at radius 1 is 1.53 bits per heavy atom. The van der Waals surface area contributed by atoms with Crippen molar-refractivity contribution >= 4 is 5.91 Å². The van der Waals surface area contributed by atoms with Crippen molar-refractivity contribution in [2.75, 3.05) is 26.3 Å². The fourth-order valence-electron chi connectivity index (χ4n) is 2.33. The van der Waals surface area contributed by atoms with Crippen LogP contribution in [0.3, 0.4) is 0 Å². The zero-order chi connectivity index (χ0) is 13.7. The number of carbonyl (C=O) groups is 1. The van der Waals surface area contributed by atoms with Crippen LogP contribution in [-0.2, 0) is 9.53 Å². The van der Waals surface area contributed by atoms with Gasteiger partial charge >= 0.3 is 0 Å². The predicted octanol–water partition coefficient (Wildman–Crippen LogP) is -0.589. The lowest BCUT2D eigenvalue weighted by atomic mass is 10.0. The Morgan fingerprint density at radius 3 is 2.89 bits per heavy atom. The average molecular weight is 265 g/mol. The Hall–Kier alpha value is -1.47. The van der Waals surface area contributed by atoms with Crippen LogP contribution < -0.4 is 11.3 Å². The maximum atomic E-state index is 12.0.